The molecule has 0 N–H and O–H groups in total. The Balaban J connectivity index is 0. The molecule has 0 aromatic rings. The molecule has 0 radical (unpaired) electrons. The van der Waals surface area contributed by atoms with E-state index in [2.05, 4.69) is 0 Å². The number of rotatable bonds is 0. The first kappa shape index (κ1) is 8.83. The van der Waals surface area contributed by atoms with Gasteiger partial charge < -0.3 is 0 Å². The van der Waals surface area contributed by atoms with Crippen molar-refractivity contribution in [2.45, 2.75) is 13.8 Å². The van der Waals surface area contributed by atoms with Crippen LogP contribution in [0.5, 0.6) is 0 Å². The summed E-state index contributed by atoms with van der Waals surface area (Å²) in [4.78, 5) is 0. The second kappa shape index (κ2) is 107. The van der Waals surface area contributed by atoms with Crippen LogP contribution in [0, 0.1) is 0 Å². The second-order valence-electron chi connectivity index (χ2n) is 0. The Morgan fingerprint density at radius 1 is 1.25 bits per heavy atom. The third-order valence-electron chi connectivity index (χ3n) is 0. The molecular weight excluding hydrogens is 110 g/mol. The van der Waals surface area contributed by atoms with Gasteiger partial charge in [0.15, 0.2) is 0 Å². The third-order valence-corrected chi connectivity index (χ3v) is 0. The molecule has 0 aromatic heterocycles. The summed E-state index contributed by atoms with van der Waals surface area (Å²) in [6.45, 7) is 4.00. The van der Waals surface area contributed by atoms with E-state index < -0.39 is 0 Å². The Bertz CT molecular complexity index is 6.00. The predicted molar refractivity (Wildman–Crippen MR) is 19.2 cm³/mol. The van der Waals surface area contributed by atoms with Crippen molar-refractivity contribution in [2.24, 2.45) is 0 Å². The Morgan fingerprint density at radius 3 is 1.25 bits per heavy atom. The summed E-state index contributed by atoms with van der Waals surface area (Å²) in [5, 5.41) is 0. The number of hydrogen-bond acceptors (Lipinski definition) is 1. The van der Waals surface area contributed by atoms with Gasteiger partial charge in [0.05, 0.1) is 0 Å². The van der Waals surface area contributed by atoms with E-state index in [1.165, 1.54) is 0 Å². The molecule has 0 heterocycles. The van der Waals surface area contributed by atoms with Crippen molar-refractivity contribution in [3.8, 4) is 0 Å². The van der Waals surface area contributed by atoms with Gasteiger partial charge in [0.25, 0.3) is 0 Å². The van der Waals surface area contributed by atoms with E-state index in [1.807, 2.05) is 13.8 Å². The predicted octanol–water partition coefficient (Wildman–Crippen LogP) is 0.259. The minimum atomic E-state index is 0.125. The summed E-state index contributed by atoms with van der Waals surface area (Å²) in [6.07, 6.45) is 0. The van der Waals surface area contributed by atoms with Crippen LogP contribution in [-0.2, 0) is 3.54 Å². The van der Waals surface area contributed by atoms with E-state index in [4.69, 9.17) is 3.54 Å². The molecule has 0 spiro atoms. The molecule has 0 aliphatic heterocycles. The van der Waals surface area contributed by atoms with Crippen molar-refractivity contribution in [3.63, 3.8) is 0 Å². The maximum absolute atomic E-state index is 8.38. The van der Waals surface area contributed by atoms with Crippen LogP contribution in [-0.4, -0.2) is 18.6 Å². The molecule has 24 valence electrons. The van der Waals surface area contributed by atoms with E-state index >= 15 is 0 Å². The van der Waals surface area contributed by atoms with E-state index in [1.54, 1.807) is 0 Å². The van der Waals surface area contributed by atoms with Crippen LogP contribution in [0.4, 0.5) is 0 Å². The SMILES string of the molecule is CC.[O]=[GaH]. The molecule has 0 bridgehead atoms. The fourth-order valence-corrected chi connectivity index (χ4v) is 0. The molecule has 0 saturated heterocycles. The van der Waals surface area contributed by atoms with E-state index in [0.717, 1.165) is 0 Å². The van der Waals surface area contributed by atoms with Gasteiger partial charge >= 0.3 is 22.1 Å². The third kappa shape index (κ3) is 26.4. The molecule has 0 amide bonds. The quantitative estimate of drug-likeness (QED) is 0.415. The van der Waals surface area contributed by atoms with Crippen LogP contribution in [0.3, 0.4) is 0 Å². The first-order valence-corrected chi connectivity index (χ1v) is 2.50. The van der Waals surface area contributed by atoms with Gasteiger partial charge in [-0.05, 0) is 0 Å². The van der Waals surface area contributed by atoms with Crippen LogP contribution in [0.15, 0.2) is 0 Å². The minimum absolute atomic E-state index is 0.125. The average molecular weight is 117 g/mol. The van der Waals surface area contributed by atoms with E-state index in [9.17, 15) is 0 Å². The van der Waals surface area contributed by atoms with Gasteiger partial charge in [0, 0.05) is 0 Å². The molecule has 0 aliphatic carbocycles. The molecule has 0 aliphatic rings. The standard InChI is InChI=1S/C2H6.Ga.O.H/c1-2;;;/h1-2H3;;;. The molecule has 4 heavy (non-hydrogen) atoms. The van der Waals surface area contributed by atoms with Crippen LogP contribution in [0.25, 0.3) is 0 Å². The number of hydrogen-bond donors (Lipinski definition) is 0. The Hall–Kier alpha value is 0.436. The van der Waals surface area contributed by atoms with Crippen LogP contribution >= 0.6 is 0 Å². The monoisotopic (exact) mass is 116 g/mol. The van der Waals surface area contributed by atoms with Crippen molar-refractivity contribution >= 4 is 18.6 Å². The fourth-order valence-electron chi connectivity index (χ4n) is 0. The van der Waals surface area contributed by atoms with Gasteiger partial charge in [-0.2, -0.15) is 0 Å². The summed E-state index contributed by atoms with van der Waals surface area (Å²) >= 11 is 0.125. The first-order chi connectivity index (χ1) is 2.00. The normalized spacial score (nSPS) is 2.25. The van der Waals surface area contributed by atoms with Gasteiger partial charge in [-0.15, -0.1) is 0 Å². The molecule has 0 saturated carbocycles. The molecule has 0 rings (SSSR count). The van der Waals surface area contributed by atoms with Crippen molar-refractivity contribution in [1.29, 1.82) is 0 Å². The van der Waals surface area contributed by atoms with Gasteiger partial charge in [0.1, 0.15) is 0 Å². The Labute approximate surface area is 36.6 Å². The average Bonchev–Trinajstić information content (AvgIpc) is 1.50. The van der Waals surface area contributed by atoms with Crippen molar-refractivity contribution in [3.05, 3.63) is 0 Å². The van der Waals surface area contributed by atoms with E-state index in [-0.39, 0.29) is 18.6 Å². The summed E-state index contributed by atoms with van der Waals surface area (Å²) in [5.74, 6) is 0. The molecule has 1 nitrogen and oxygen atoms in total. The molecule has 0 unspecified atom stereocenters. The second-order valence-corrected chi connectivity index (χ2v) is 0. The summed E-state index contributed by atoms with van der Waals surface area (Å²) in [5.41, 5.74) is 0. The van der Waals surface area contributed by atoms with Crippen LogP contribution in [0.1, 0.15) is 13.8 Å². The molecule has 2 heteroatoms. The fraction of sp³-hybridized carbons (Fsp3) is 1.00. The molecule has 0 atom stereocenters. The zero-order valence-electron chi connectivity index (χ0n) is 3.12. The van der Waals surface area contributed by atoms with E-state index in [0.29, 0.717) is 0 Å². The van der Waals surface area contributed by atoms with Crippen molar-refractivity contribution < 1.29 is 3.54 Å². The summed E-state index contributed by atoms with van der Waals surface area (Å²) in [7, 11) is 0. The van der Waals surface area contributed by atoms with Gasteiger partial charge in [-0.25, -0.2) is 0 Å². The van der Waals surface area contributed by atoms with Crippen molar-refractivity contribution in [2.75, 3.05) is 0 Å². The van der Waals surface area contributed by atoms with Gasteiger partial charge in [0.2, 0.25) is 0 Å². The molecule has 0 fully saturated rings. The van der Waals surface area contributed by atoms with Crippen LogP contribution in [0.2, 0.25) is 0 Å². The van der Waals surface area contributed by atoms with Crippen LogP contribution < -0.4 is 0 Å². The maximum atomic E-state index is 8.38. The topological polar surface area (TPSA) is 17.1 Å². The molecule has 0 aromatic carbocycles. The van der Waals surface area contributed by atoms with Gasteiger partial charge in [-0.3, -0.25) is 0 Å². The first-order valence-electron chi connectivity index (χ1n) is 1.29. The summed E-state index contributed by atoms with van der Waals surface area (Å²) in [6, 6.07) is 0. The zero-order chi connectivity index (χ0) is 4.00. The Kier molecular flexibility index (Phi) is 236. The van der Waals surface area contributed by atoms with Crippen molar-refractivity contribution in [1.82, 2.24) is 0 Å². The molecular formula is C2H7GaO. The zero-order valence-corrected chi connectivity index (χ0v) is 6.08. The van der Waals surface area contributed by atoms with Gasteiger partial charge in [-0.1, -0.05) is 13.8 Å². The Morgan fingerprint density at radius 2 is 1.25 bits per heavy atom. The summed E-state index contributed by atoms with van der Waals surface area (Å²) < 4.78 is 8.38.